The molecule has 6 nitrogen and oxygen atoms in total. The van der Waals surface area contributed by atoms with Gasteiger partial charge in [0.2, 0.25) is 0 Å². The smallest absolute Gasteiger partial charge is 0.265 e. The van der Waals surface area contributed by atoms with Crippen LogP contribution >= 0.6 is 0 Å². The average molecular weight is 390 g/mol. The van der Waals surface area contributed by atoms with Crippen LogP contribution in [0.1, 0.15) is 12.5 Å². The van der Waals surface area contributed by atoms with E-state index >= 15 is 0 Å². The van der Waals surface area contributed by atoms with E-state index in [1.807, 2.05) is 31.2 Å². The van der Waals surface area contributed by atoms with Gasteiger partial charge < -0.3 is 14.5 Å². The van der Waals surface area contributed by atoms with Crippen molar-refractivity contribution in [2.75, 3.05) is 49.5 Å². The van der Waals surface area contributed by atoms with Gasteiger partial charge >= 0.3 is 0 Å². The van der Waals surface area contributed by atoms with Crippen molar-refractivity contribution in [3.05, 3.63) is 48.0 Å². The standard InChI is InChI=1S/C20H27N3O3S/c1-4-22-11-13-23(14-12-22)18-8-6-5-7-17(18)21-27(24,25)20-15-16(2)9-10-19(20)26-3/h5-10,15,21H,4,11-14H2,1-3H3. The molecular formula is C20H27N3O3S. The second-order valence-electron chi connectivity index (χ2n) is 6.70. The minimum atomic E-state index is -3.77. The molecule has 1 aliphatic heterocycles. The molecule has 1 saturated heterocycles. The Morgan fingerprint density at radius 2 is 1.78 bits per heavy atom. The Kier molecular flexibility index (Phi) is 5.92. The highest BCUT2D eigenvalue weighted by atomic mass is 32.2. The van der Waals surface area contributed by atoms with Crippen LogP contribution in [0.25, 0.3) is 0 Å². The van der Waals surface area contributed by atoms with Gasteiger partial charge in [0.1, 0.15) is 10.6 Å². The minimum absolute atomic E-state index is 0.149. The maximum Gasteiger partial charge on any atom is 0.265 e. The lowest BCUT2D eigenvalue weighted by Crippen LogP contribution is -2.46. The topological polar surface area (TPSA) is 61.9 Å². The summed E-state index contributed by atoms with van der Waals surface area (Å²) >= 11 is 0. The summed E-state index contributed by atoms with van der Waals surface area (Å²) in [6, 6.07) is 12.7. The molecule has 3 rings (SSSR count). The van der Waals surface area contributed by atoms with E-state index < -0.39 is 10.0 Å². The molecule has 0 saturated carbocycles. The fourth-order valence-corrected chi connectivity index (χ4v) is 4.66. The first-order valence-corrected chi connectivity index (χ1v) is 10.7. The highest BCUT2D eigenvalue weighted by Gasteiger charge is 2.23. The van der Waals surface area contributed by atoms with Gasteiger partial charge in [-0.1, -0.05) is 25.1 Å². The fraction of sp³-hybridized carbons (Fsp3) is 0.400. The summed E-state index contributed by atoms with van der Waals surface area (Å²) in [7, 11) is -2.29. The number of anilines is 2. The lowest BCUT2D eigenvalue weighted by atomic mass is 10.2. The highest BCUT2D eigenvalue weighted by Crippen LogP contribution is 2.31. The molecule has 27 heavy (non-hydrogen) atoms. The van der Waals surface area contributed by atoms with Crippen LogP contribution < -0.4 is 14.4 Å². The van der Waals surface area contributed by atoms with Crippen molar-refractivity contribution in [2.45, 2.75) is 18.7 Å². The molecule has 1 N–H and O–H groups in total. The zero-order chi connectivity index (χ0) is 19.4. The van der Waals surface area contributed by atoms with Gasteiger partial charge in [0.05, 0.1) is 18.5 Å². The van der Waals surface area contributed by atoms with Crippen molar-refractivity contribution >= 4 is 21.4 Å². The molecule has 146 valence electrons. The largest absolute Gasteiger partial charge is 0.495 e. The van der Waals surface area contributed by atoms with Gasteiger partial charge in [-0.3, -0.25) is 4.72 Å². The second-order valence-corrected chi connectivity index (χ2v) is 8.35. The third-order valence-electron chi connectivity index (χ3n) is 4.92. The molecule has 0 radical (unpaired) electrons. The molecule has 0 atom stereocenters. The van der Waals surface area contributed by atoms with E-state index in [9.17, 15) is 8.42 Å². The minimum Gasteiger partial charge on any atom is -0.495 e. The molecule has 1 fully saturated rings. The highest BCUT2D eigenvalue weighted by molar-refractivity contribution is 7.92. The molecule has 0 amide bonds. The summed E-state index contributed by atoms with van der Waals surface area (Å²) in [5.41, 5.74) is 2.36. The first-order valence-electron chi connectivity index (χ1n) is 9.18. The maximum atomic E-state index is 13.0. The number of benzene rings is 2. The number of ether oxygens (including phenoxy) is 1. The van der Waals surface area contributed by atoms with Gasteiger partial charge in [-0.25, -0.2) is 8.42 Å². The molecule has 0 aromatic heterocycles. The van der Waals surface area contributed by atoms with E-state index in [1.165, 1.54) is 7.11 Å². The number of nitrogens with one attached hydrogen (secondary N) is 1. The first kappa shape index (κ1) is 19.5. The quantitative estimate of drug-likeness (QED) is 0.823. The van der Waals surface area contributed by atoms with Crippen molar-refractivity contribution < 1.29 is 13.2 Å². The van der Waals surface area contributed by atoms with Crippen LogP contribution in [0.4, 0.5) is 11.4 Å². The molecule has 0 aliphatic carbocycles. The number of piperazine rings is 1. The van der Waals surface area contributed by atoms with Gasteiger partial charge in [0.15, 0.2) is 0 Å². The summed E-state index contributed by atoms with van der Waals surface area (Å²) < 4.78 is 34.1. The maximum absolute atomic E-state index is 13.0. The molecule has 1 heterocycles. The van der Waals surface area contributed by atoms with Crippen LogP contribution in [-0.4, -0.2) is 53.2 Å². The van der Waals surface area contributed by atoms with Gasteiger partial charge in [-0.05, 0) is 43.3 Å². The molecular weight excluding hydrogens is 362 g/mol. The van der Waals surface area contributed by atoms with Crippen molar-refractivity contribution in [3.8, 4) is 5.75 Å². The molecule has 2 aromatic carbocycles. The Hall–Kier alpha value is -2.25. The number of rotatable bonds is 6. The van der Waals surface area contributed by atoms with Crippen molar-refractivity contribution in [1.29, 1.82) is 0 Å². The number of hydrogen-bond acceptors (Lipinski definition) is 5. The predicted molar refractivity (Wildman–Crippen MR) is 109 cm³/mol. The molecule has 2 aromatic rings. The summed E-state index contributed by atoms with van der Waals surface area (Å²) in [5.74, 6) is 0.335. The van der Waals surface area contributed by atoms with Crippen LogP contribution in [0.5, 0.6) is 5.75 Å². The van der Waals surface area contributed by atoms with Crippen molar-refractivity contribution in [2.24, 2.45) is 0 Å². The number of methoxy groups -OCH3 is 1. The monoisotopic (exact) mass is 389 g/mol. The van der Waals surface area contributed by atoms with E-state index in [0.29, 0.717) is 11.4 Å². The Morgan fingerprint density at radius 3 is 2.44 bits per heavy atom. The average Bonchev–Trinajstić information content (AvgIpc) is 2.68. The molecule has 0 bridgehead atoms. The van der Waals surface area contributed by atoms with E-state index in [0.717, 1.165) is 44.0 Å². The van der Waals surface area contributed by atoms with Crippen LogP contribution in [0, 0.1) is 6.92 Å². The van der Waals surface area contributed by atoms with Crippen LogP contribution in [0.3, 0.4) is 0 Å². The van der Waals surface area contributed by atoms with Gasteiger partial charge in [0.25, 0.3) is 10.0 Å². The lowest BCUT2D eigenvalue weighted by molar-refractivity contribution is 0.271. The summed E-state index contributed by atoms with van der Waals surface area (Å²) in [6.45, 7) is 8.76. The molecule has 0 spiro atoms. The van der Waals surface area contributed by atoms with Gasteiger partial charge in [-0.15, -0.1) is 0 Å². The third-order valence-corrected chi connectivity index (χ3v) is 6.30. The number of aryl methyl sites for hydroxylation is 1. The van der Waals surface area contributed by atoms with E-state index in [2.05, 4.69) is 21.4 Å². The third kappa shape index (κ3) is 4.36. The number of nitrogens with zero attached hydrogens (tertiary/aromatic N) is 2. The number of sulfonamides is 1. The number of likely N-dealkylation sites (N-methyl/N-ethyl adjacent to an activating group) is 1. The summed E-state index contributed by atoms with van der Waals surface area (Å²) in [4.78, 5) is 4.77. The lowest BCUT2D eigenvalue weighted by Gasteiger charge is -2.36. The normalized spacial score (nSPS) is 15.6. The predicted octanol–water partition coefficient (Wildman–Crippen LogP) is 2.95. The Balaban J connectivity index is 1.89. The summed E-state index contributed by atoms with van der Waals surface area (Å²) in [5, 5.41) is 0. The van der Waals surface area contributed by atoms with E-state index in [4.69, 9.17) is 4.74 Å². The molecule has 7 heteroatoms. The van der Waals surface area contributed by atoms with Crippen LogP contribution in [0.2, 0.25) is 0 Å². The fourth-order valence-electron chi connectivity index (χ4n) is 3.33. The van der Waals surface area contributed by atoms with Crippen LogP contribution in [-0.2, 0) is 10.0 Å². The van der Waals surface area contributed by atoms with Gasteiger partial charge in [0, 0.05) is 26.2 Å². The van der Waals surface area contributed by atoms with E-state index in [1.54, 1.807) is 18.2 Å². The Labute approximate surface area is 161 Å². The first-order chi connectivity index (χ1) is 12.9. The SMILES string of the molecule is CCN1CCN(c2ccccc2NS(=O)(=O)c2cc(C)ccc2OC)CC1. The zero-order valence-corrected chi connectivity index (χ0v) is 16.9. The molecule has 1 aliphatic rings. The Morgan fingerprint density at radius 1 is 1.07 bits per heavy atom. The summed E-state index contributed by atoms with van der Waals surface area (Å²) in [6.07, 6.45) is 0. The zero-order valence-electron chi connectivity index (χ0n) is 16.1. The second kappa shape index (κ2) is 8.19. The molecule has 0 unspecified atom stereocenters. The number of para-hydroxylation sites is 2. The van der Waals surface area contributed by atoms with E-state index in [-0.39, 0.29) is 4.90 Å². The van der Waals surface area contributed by atoms with Gasteiger partial charge in [-0.2, -0.15) is 0 Å². The van der Waals surface area contributed by atoms with Crippen molar-refractivity contribution in [3.63, 3.8) is 0 Å². The van der Waals surface area contributed by atoms with Crippen molar-refractivity contribution in [1.82, 2.24) is 4.90 Å². The number of hydrogen-bond donors (Lipinski definition) is 1. The Bertz CT molecular complexity index is 891. The van der Waals surface area contributed by atoms with Crippen LogP contribution in [0.15, 0.2) is 47.4 Å².